The van der Waals surface area contributed by atoms with Crippen LogP contribution in [0.5, 0.6) is 0 Å². The second kappa shape index (κ2) is 3.91. The molecule has 0 bridgehead atoms. The molecule has 3 N–H and O–H groups in total. The zero-order valence-corrected chi connectivity index (χ0v) is 8.31. The smallest absolute Gasteiger partial charge is 0.153 e. The molecule has 0 aliphatic rings. The number of anilines is 3. The molecule has 0 saturated heterocycles. The van der Waals surface area contributed by atoms with Crippen LogP contribution in [0, 0.1) is 6.92 Å². The highest BCUT2D eigenvalue weighted by Gasteiger charge is 1.99. The molecule has 15 heavy (non-hydrogen) atoms. The number of nitrogens with two attached hydrogens (primary N) is 1. The Balaban J connectivity index is 2.22. The molecule has 2 aromatic rings. The Morgan fingerprint density at radius 2 is 2.07 bits per heavy atom. The summed E-state index contributed by atoms with van der Waals surface area (Å²) in [5.41, 5.74) is 7.45. The van der Waals surface area contributed by atoms with Crippen molar-refractivity contribution in [1.82, 2.24) is 15.2 Å². The molecule has 5 nitrogen and oxygen atoms in total. The summed E-state index contributed by atoms with van der Waals surface area (Å²) in [6.07, 6.45) is 3.49. The van der Waals surface area contributed by atoms with Crippen LogP contribution in [0.2, 0.25) is 0 Å². The van der Waals surface area contributed by atoms with Crippen molar-refractivity contribution in [3.8, 4) is 0 Å². The Morgan fingerprint density at radius 3 is 2.73 bits per heavy atom. The Kier molecular flexibility index (Phi) is 2.45. The number of aryl methyl sites for hydroxylation is 1. The van der Waals surface area contributed by atoms with Gasteiger partial charge in [-0.25, -0.2) is 0 Å². The van der Waals surface area contributed by atoms with Gasteiger partial charge in [0.1, 0.15) is 5.82 Å². The van der Waals surface area contributed by atoms with Gasteiger partial charge in [-0.05, 0) is 30.7 Å². The van der Waals surface area contributed by atoms with Gasteiger partial charge in [-0.3, -0.25) is 4.98 Å². The molecule has 0 amide bonds. The van der Waals surface area contributed by atoms with E-state index in [-0.39, 0.29) is 0 Å². The van der Waals surface area contributed by atoms with E-state index in [1.165, 1.54) is 0 Å². The lowest BCUT2D eigenvalue weighted by Gasteiger charge is -2.06. The van der Waals surface area contributed by atoms with Crippen molar-refractivity contribution in [2.45, 2.75) is 6.92 Å². The largest absolute Gasteiger partial charge is 0.382 e. The molecular weight excluding hydrogens is 190 g/mol. The summed E-state index contributed by atoms with van der Waals surface area (Å²) in [6, 6.07) is 5.39. The van der Waals surface area contributed by atoms with Crippen molar-refractivity contribution in [1.29, 1.82) is 0 Å². The predicted molar refractivity (Wildman–Crippen MR) is 58.7 cm³/mol. The Bertz CT molecular complexity index is 452. The van der Waals surface area contributed by atoms with Crippen molar-refractivity contribution in [2.24, 2.45) is 0 Å². The van der Waals surface area contributed by atoms with E-state index in [4.69, 9.17) is 5.73 Å². The maximum atomic E-state index is 5.44. The van der Waals surface area contributed by atoms with E-state index >= 15 is 0 Å². The first-order chi connectivity index (χ1) is 7.25. The van der Waals surface area contributed by atoms with Crippen LogP contribution in [0.25, 0.3) is 0 Å². The van der Waals surface area contributed by atoms with Gasteiger partial charge in [0.25, 0.3) is 0 Å². The summed E-state index contributed by atoms with van der Waals surface area (Å²) < 4.78 is 0. The first kappa shape index (κ1) is 9.39. The van der Waals surface area contributed by atoms with Crippen LogP contribution in [0.4, 0.5) is 17.3 Å². The van der Waals surface area contributed by atoms with Crippen LogP contribution < -0.4 is 11.1 Å². The van der Waals surface area contributed by atoms with Crippen molar-refractivity contribution < 1.29 is 0 Å². The molecule has 2 heterocycles. The second-order valence-corrected chi connectivity index (χ2v) is 3.16. The van der Waals surface area contributed by atoms with Crippen LogP contribution in [0.15, 0.2) is 30.6 Å². The SMILES string of the molecule is Cc1ccncc1Nc1ccc(N)nn1. The van der Waals surface area contributed by atoms with Gasteiger partial charge in [0.05, 0.1) is 11.9 Å². The maximum absolute atomic E-state index is 5.44. The quantitative estimate of drug-likeness (QED) is 0.770. The highest BCUT2D eigenvalue weighted by Crippen LogP contribution is 2.16. The van der Waals surface area contributed by atoms with Gasteiger partial charge in [0.15, 0.2) is 5.82 Å². The molecule has 0 aromatic carbocycles. The molecule has 0 radical (unpaired) electrons. The third kappa shape index (κ3) is 2.19. The summed E-state index contributed by atoms with van der Waals surface area (Å²) >= 11 is 0. The third-order valence-corrected chi connectivity index (χ3v) is 1.99. The maximum Gasteiger partial charge on any atom is 0.153 e. The van der Waals surface area contributed by atoms with E-state index in [0.29, 0.717) is 11.6 Å². The van der Waals surface area contributed by atoms with E-state index in [2.05, 4.69) is 20.5 Å². The average molecular weight is 201 g/mol. The highest BCUT2D eigenvalue weighted by atomic mass is 15.2. The molecule has 5 heteroatoms. The second-order valence-electron chi connectivity index (χ2n) is 3.16. The van der Waals surface area contributed by atoms with E-state index in [1.54, 1.807) is 24.5 Å². The zero-order valence-electron chi connectivity index (χ0n) is 8.31. The van der Waals surface area contributed by atoms with Gasteiger partial charge < -0.3 is 11.1 Å². The summed E-state index contributed by atoms with van der Waals surface area (Å²) in [5.74, 6) is 1.06. The normalized spacial score (nSPS) is 9.93. The monoisotopic (exact) mass is 201 g/mol. The molecular formula is C10H11N5. The summed E-state index contributed by atoms with van der Waals surface area (Å²) in [7, 11) is 0. The molecule has 0 saturated carbocycles. The standard InChI is InChI=1S/C10H11N5/c1-7-4-5-12-6-8(7)13-10-3-2-9(11)14-15-10/h2-6H,1H3,(H2,11,14)(H,13,15). The van der Waals surface area contributed by atoms with Crippen molar-refractivity contribution >= 4 is 17.3 Å². The minimum absolute atomic E-state index is 0.406. The molecule has 0 aliphatic heterocycles. The van der Waals surface area contributed by atoms with Gasteiger partial charge in [-0.1, -0.05) is 0 Å². The molecule has 0 unspecified atom stereocenters. The Morgan fingerprint density at radius 1 is 1.20 bits per heavy atom. The minimum Gasteiger partial charge on any atom is -0.382 e. The van der Waals surface area contributed by atoms with Gasteiger partial charge in [0.2, 0.25) is 0 Å². The zero-order chi connectivity index (χ0) is 10.7. The first-order valence-electron chi connectivity index (χ1n) is 4.52. The number of nitrogens with one attached hydrogen (secondary N) is 1. The van der Waals surface area contributed by atoms with E-state index in [0.717, 1.165) is 11.3 Å². The predicted octanol–water partition coefficient (Wildman–Crippen LogP) is 1.51. The highest BCUT2D eigenvalue weighted by molar-refractivity contribution is 5.58. The molecule has 2 rings (SSSR count). The fourth-order valence-electron chi connectivity index (χ4n) is 1.14. The van der Waals surface area contributed by atoms with Crippen molar-refractivity contribution in [2.75, 3.05) is 11.1 Å². The molecule has 0 aliphatic carbocycles. The number of nitrogens with zero attached hydrogens (tertiary/aromatic N) is 3. The minimum atomic E-state index is 0.406. The van der Waals surface area contributed by atoms with Gasteiger partial charge in [-0.2, -0.15) is 0 Å². The van der Waals surface area contributed by atoms with Crippen LogP contribution in [0.3, 0.4) is 0 Å². The van der Waals surface area contributed by atoms with Crippen molar-refractivity contribution in [3.63, 3.8) is 0 Å². The number of hydrogen-bond acceptors (Lipinski definition) is 5. The third-order valence-electron chi connectivity index (χ3n) is 1.99. The molecule has 0 atom stereocenters. The van der Waals surface area contributed by atoms with E-state index < -0.39 is 0 Å². The van der Waals surface area contributed by atoms with Gasteiger partial charge in [-0.15, -0.1) is 10.2 Å². The van der Waals surface area contributed by atoms with E-state index in [9.17, 15) is 0 Å². The van der Waals surface area contributed by atoms with Gasteiger partial charge >= 0.3 is 0 Å². The Labute approximate surface area is 87.4 Å². The number of rotatable bonds is 2. The lowest BCUT2D eigenvalue weighted by molar-refractivity contribution is 1.04. The van der Waals surface area contributed by atoms with Crippen LogP contribution in [-0.4, -0.2) is 15.2 Å². The fraction of sp³-hybridized carbons (Fsp3) is 0.100. The fourth-order valence-corrected chi connectivity index (χ4v) is 1.14. The van der Waals surface area contributed by atoms with Gasteiger partial charge in [0, 0.05) is 6.20 Å². The summed E-state index contributed by atoms with van der Waals surface area (Å²) in [5, 5.41) is 10.8. The molecule has 76 valence electrons. The average Bonchev–Trinajstić information content (AvgIpc) is 2.25. The molecule has 0 spiro atoms. The summed E-state index contributed by atoms with van der Waals surface area (Å²) in [4.78, 5) is 4.02. The molecule has 2 aromatic heterocycles. The number of aromatic nitrogens is 3. The number of hydrogen-bond donors (Lipinski definition) is 2. The summed E-state index contributed by atoms with van der Waals surface area (Å²) in [6.45, 7) is 1.99. The van der Waals surface area contributed by atoms with Crippen molar-refractivity contribution in [3.05, 3.63) is 36.2 Å². The van der Waals surface area contributed by atoms with Crippen LogP contribution in [0.1, 0.15) is 5.56 Å². The van der Waals surface area contributed by atoms with Crippen LogP contribution >= 0.6 is 0 Å². The van der Waals surface area contributed by atoms with E-state index in [1.807, 2.05) is 13.0 Å². The first-order valence-corrected chi connectivity index (χ1v) is 4.52. The molecule has 0 fully saturated rings. The topological polar surface area (TPSA) is 76.7 Å². The lowest BCUT2D eigenvalue weighted by atomic mass is 10.2. The lowest BCUT2D eigenvalue weighted by Crippen LogP contribution is -1.99. The number of nitrogen functional groups attached to an aromatic ring is 1. The number of pyridine rings is 1. The van der Waals surface area contributed by atoms with Crippen LogP contribution in [-0.2, 0) is 0 Å². The Hall–Kier alpha value is -2.17.